The zero-order valence-corrected chi connectivity index (χ0v) is 21.8. The SMILES string of the molecule is CCSN1CC(Nc2nc(-c3cccc(OCC(O)CNC)c3)nc(-c3c(C)noc3C)c2C)C1. The van der Waals surface area contributed by atoms with Gasteiger partial charge in [0.15, 0.2) is 5.82 Å². The van der Waals surface area contributed by atoms with Crippen molar-refractivity contribution in [3.63, 3.8) is 0 Å². The first kappa shape index (κ1) is 25.4. The van der Waals surface area contributed by atoms with E-state index >= 15 is 0 Å². The Hall–Kier alpha value is -2.66. The summed E-state index contributed by atoms with van der Waals surface area (Å²) >= 11 is 1.86. The van der Waals surface area contributed by atoms with Gasteiger partial charge in [-0.25, -0.2) is 14.3 Å². The molecule has 1 aliphatic rings. The number of benzene rings is 1. The summed E-state index contributed by atoms with van der Waals surface area (Å²) in [5.41, 5.74) is 4.30. The van der Waals surface area contributed by atoms with Crippen molar-refractivity contribution in [2.45, 2.75) is 39.8 Å². The van der Waals surface area contributed by atoms with Gasteiger partial charge < -0.3 is 25.0 Å². The number of likely N-dealkylation sites (N-methyl/N-ethyl adjacent to an activating group) is 1. The van der Waals surface area contributed by atoms with Gasteiger partial charge in [-0.15, -0.1) is 0 Å². The van der Waals surface area contributed by atoms with Gasteiger partial charge in [-0.05, 0) is 40.0 Å². The van der Waals surface area contributed by atoms with E-state index in [4.69, 9.17) is 19.2 Å². The van der Waals surface area contributed by atoms with Crippen LogP contribution in [-0.2, 0) is 0 Å². The van der Waals surface area contributed by atoms with E-state index in [0.29, 0.717) is 24.2 Å². The summed E-state index contributed by atoms with van der Waals surface area (Å²) in [4.78, 5) is 9.87. The van der Waals surface area contributed by atoms with E-state index in [-0.39, 0.29) is 6.61 Å². The topological polar surface area (TPSA) is 109 Å². The van der Waals surface area contributed by atoms with Crippen molar-refractivity contribution in [2.75, 3.05) is 44.4 Å². The lowest BCUT2D eigenvalue weighted by Crippen LogP contribution is -2.51. The minimum Gasteiger partial charge on any atom is -0.491 e. The number of ether oxygens (including phenoxy) is 1. The van der Waals surface area contributed by atoms with Crippen LogP contribution >= 0.6 is 11.9 Å². The molecule has 3 aromatic rings. The van der Waals surface area contributed by atoms with Crippen molar-refractivity contribution in [3.05, 3.63) is 41.3 Å². The van der Waals surface area contributed by atoms with Crippen molar-refractivity contribution in [1.82, 2.24) is 24.7 Å². The summed E-state index contributed by atoms with van der Waals surface area (Å²) in [6.45, 7) is 10.6. The second-order valence-corrected chi connectivity index (χ2v) is 10.1. The van der Waals surface area contributed by atoms with Crippen LogP contribution in [0.1, 0.15) is 23.9 Å². The molecule has 0 spiro atoms. The highest BCUT2D eigenvalue weighted by atomic mass is 32.2. The fourth-order valence-electron chi connectivity index (χ4n) is 4.07. The maximum absolute atomic E-state index is 9.98. The first-order chi connectivity index (χ1) is 16.9. The van der Waals surface area contributed by atoms with Gasteiger partial charge in [0.2, 0.25) is 0 Å². The van der Waals surface area contributed by atoms with E-state index in [9.17, 15) is 5.11 Å². The molecule has 0 bridgehead atoms. The first-order valence-corrected chi connectivity index (χ1v) is 12.9. The molecule has 1 aromatic carbocycles. The Balaban J connectivity index is 1.66. The number of aliphatic hydroxyl groups is 1. The second kappa shape index (κ2) is 11.4. The molecular weight excluding hydrogens is 464 g/mol. The fourth-order valence-corrected chi connectivity index (χ4v) is 5.01. The normalized spacial score (nSPS) is 15.1. The Bertz CT molecular complexity index is 1130. The summed E-state index contributed by atoms with van der Waals surface area (Å²) in [5, 5.41) is 20.7. The molecular formula is C25H34N6O3S. The van der Waals surface area contributed by atoms with Crippen molar-refractivity contribution >= 4 is 17.8 Å². The molecule has 1 atom stereocenters. The number of aliphatic hydroxyl groups excluding tert-OH is 1. The second-order valence-electron chi connectivity index (χ2n) is 8.72. The summed E-state index contributed by atoms with van der Waals surface area (Å²) in [7, 11) is 1.80. The predicted molar refractivity (Wildman–Crippen MR) is 140 cm³/mol. The summed E-state index contributed by atoms with van der Waals surface area (Å²) in [6, 6.07) is 7.97. The molecule has 1 unspecified atom stereocenters. The molecule has 1 aliphatic heterocycles. The van der Waals surface area contributed by atoms with E-state index < -0.39 is 6.10 Å². The molecule has 2 aromatic heterocycles. The van der Waals surface area contributed by atoms with Crippen LogP contribution in [0.5, 0.6) is 5.75 Å². The van der Waals surface area contributed by atoms with Crippen LogP contribution in [0.2, 0.25) is 0 Å². The molecule has 0 radical (unpaired) electrons. The van der Waals surface area contributed by atoms with E-state index in [1.54, 1.807) is 7.05 Å². The molecule has 1 fully saturated rings. The highest BCUT2D eigenvalue weighted by Crippen LogP contribution is 2.34. The lowest BCUT2D eigenvalue weighted by molar-refractivity contribution is 0.108. The molecule has 1 saturated heterocycles. The Morgan fingerprint density at radius 1 is 1.26 bits per heavy atom. The summed E-state index contributed by atoms with van der Waals surface area (Å²) < 4.78 is 13.6. The number of nitrogens with one attached hydrogen (secondary N) is 2. The Morgan fingerprint density at radius 3 is 2.74 bits per heavy atom. The van der Waals surface area contributed by atoms with Gasteiger partial charge in [-0.2, -0.15) is 0 Å². The lowest BCUT2D eigenvalue weighted by atomic mass is 10.0. The van der Waals surface area contributed by atoms with Gasteiger partial charge in [0.25, 0.3) is 0 Å². The number of aromatic nitrogens is 3. The number of rotatable bonds is 11. The van der Waals surface area contributed by atoms with Crippen LogP contribution in [0, 0.1) is 20.8 Å². The Morgan fingerprint density at radius 2 is 2.06 bits per heavy atom. The van der Waals surface area contributed by atoms with Crippen LogP contribution in [0.15, 0.2) is 28.8 Å². The Kier molecular flexibility index (Phi) is 8.27. The van der Waals surface area contributed by atoms with Crippen LogP contribution in [0.25, 0.3) is 22.6 Å². The molecule has 0 saturated carbocycles. The van der Waals surface area contributed by atoms with Crippen LogP contribution in [0.3, 0.4) is 0 Å². The number of anilines is 1. The zero-order valence-electron chi connectivity index (χ0n) is 21.0. The lowest BCUT2D eigenvalue weighted by Gasteiger charge is -2.38. The number of aryl methyl sites for hydroxylation is 2. The highest BCUT2D eigenvalue weighted by Gasteiger charge is 2.28. The molecule has 188 valence electrons. The zero-order chi connectivity index (χ0) is 24.9. The third-order valence-corrected chi connectivity index (χ3v) is 6.81. The Labute approximate surface area is 210 Å². The fraction of sp³-hybridized carbons (Fsp3) is 0.480. The van der Waals surface area contributed by atoms with Crippen LogP contribution in [-0.4, -0.2) is 75.7 Å². The van der Waals surface area contributed by atoms with Gasteiger partial charge in [0, 0.05) is 36.5 Å². The largest absolute Gasteiger partial charge is 0.491 e. The predicted octanol–water partition coefficient (Wildman–Crippen LogP) is 3.45. The van der Waals surface area contributed by atoms with Gasteiger partial charge in [0.1, 0.15) is 30.0 Å². The van der Waals surface area contributed by atoms with Gasteiger partial charge in [-0.1, -0.05) is 36.2 Å². The smallest absolute Gasteiger partial charge is 0.162 e. The average molecular weight is 499 g/mol. The van der Waals surface area contributed by atoms with Gasteiger partial charge in [-0.3, -0.25) is 0 Å². The number of nitrogens with zero attached hydrogens (tertiary/aromatic N) is 4. The molecule has 10 heteroatoms. The molecule has 9 nitrogen and oxygen atoms in total. The summed E-state index contributed by atoms with van der Waals surface area (Å²) in [5.74, 6) is 3.86. The van der Waals surface area contributed by atoms with Gasteiger partial charge >= 0.3 is 0 Å². The van der Waals surface area contributed by atoms with Crippen molar-refractivity contribution in [2.24, 2.45) is 0 Å². The van der Waals surface area contributed by atoms with Crippen LogP contribution < -0.4 is 15.4 Å². The standard InChI is InChI=1S/C25H34N6O3S/c1-6-35-31-12-19(13-31)27-24-15(2)23(22-16(3)30-34-17(22)4)28-25(29-24)18-8-7-9-21(10-18)33-14-20(32)11-26-5/h7-10,19-20,26,32H,6,11-14H2,1-5H3,(H,27,28,29). The van der Waals surface area contributed by atoms with Crippen LogP contribution in [0.4, 0.5) is 5.82 Å². The minimum atomic E-state index is -0.589. The van der Waals surface area contributed by atoms with Crippen molar-refractivity contribution in [3.8, 4) is 28.4 Å². The van der Waals surface area contributed by atoms with E-state index in [0.717, 1.165) is 58.5 Å². The number of hydrogen-bond acceptors (Lipinski definition) is 10. The monoisotopic (exact) mass is 498 g/mol. The molecule has 0 aliphatic carbocycles. The third-order valence-electron chi connectivity index (χ3n) is 5.89. The summed E-state index contributed by atoms with van der Waals surface area (Å²) in [6.07, 6.45) is -0.589. The minimum absolute atomic E-state index is 0.199. The molecule has 4 rings (SSSR count). The number of hydrogen-bond donors (Lipinski definition) is 3. The van der Waals surface area contributed by atoms with E-state index in [1.165, 1.54) is 0 Å². The van der Waals surface area contributed by atoms with E-state index in [1.807, 2.05) is 57.0 Å². The highest BCUT2D eigenvalue weighted by molar-refractivity contribution is 7.97. The molecule has 35 heavy (non-hydrogen) atoms. The maximum atomic E-state index is 9.98. The molecule has 0 amide bonds. The molecule has 3 N–H and O–H groups in total. The van der Waals surface area contributed by atoms with Gasteiger partial charge in [0.05, 0.1) is 23.0 Å². The third kappa shape index (κ3) is 5.95. The first-order valence-electron chi connectivity index (χ1n) is 11.9. The quantitative estimate of drug-likeness (QED) is 0.340. The van der Waals surface area contributed by atoms with E-state index in [2.05, 4.69) is 27.0 Å². The average Bonchev–Trinajstić information content (AvgIpc) is 3.15. The molecule has 3 heterocycles. The van der Waals surface area contributed by atoms with Crippen molar-refractivity contribution in [1.29, 1.82) is 0 Å². The van der Waals surface area contributed by atoms with Crippen molar-refractivity contribution < 1.29 is 14.4 Å². The maximum Gasteiger partial charge on any atom is 0.162 e.